The fourth-order valence-corrected chi connectivity index (χ4v) is 11.7. The molecule has 88 heavy (non-hydrogen) atoms. The number of benzene rings is 6. The van der Waals surface area contributed by atoms with Crippen molar-refractivity contribution in [3.8, 4) is 0 Å². The van der Waals surface area contributed by atoms with Gasteiger partial charge in [-0.2, -0.15) is 0 Å². The zero-order valence-corrected chi connectivity index (χ0v) is 53.2. The second-order valence-corrected chi connectivity index (χ2v) is 23.8. The van der Waals surface area contributed by atoms with Gasteiger partial charge in [0.2, 0.25) is 0 Å². The number of unbranched alkanes of at least 4 members (excludes halogenated alkanes) is 11. The summed E-state index contributed by atoms with van der Waals surface area (Å²) in [5, 5.41) is 9.83. The second kappa shape index (κ2) is 40.7. The molecule has 0 aliphatic carbocycles. The van der Waals surface area contributed by atoms with Crippen molar-refractivity contribution >= 4 is 0 Å². The van der Waals surface area contributed by atoms with Crippen LogP contribution in [0.25, 0.3) is 0 Å². The third kappa shape index (κ3) is 24.1. The SMILES string of the molecule is CCCCCCCN(CCCCCCC)CCCCCCc1cn([C@@H](COC2OC(COCc3ccccc3)C(OCc3ccccc3)C(OCc3ccccc3)C2OCc2ccccc2)[C@H](OCc2ccccc2)[C@@H](CC)OCc2ccccc2)nn1. The van der Waals surface area contributed by atoms with Crippen LogP contribution >= 0.6 is 0 Å². The topological polar surface area (TPSA) is 108 Å². The van der Waals surface area contributed by atoms with E-state index in [4.69, 9.17) is 48.2 Å². The van der Waals surface area contributed by atoms with Crippen LogP contribution < -0.4 is 0 Å². The molecule has 0 N–H and O–H groups in total. The summed E-state index contributed by atoms with van der Waals surface area (Å²) in [6.45, 7) is 12.7. The maximum absolute atomic E-state index is 7.35. The summed E-state index contributed by atoms with van der Waals surface area (Å²) in [5.41, 5.74) is 7.17. The summed E-state index contributed by atoms with van der Waals surface area (Å²) in [6, 6.07) is 61.0. The summed E-state index contributed by atoms with van der Waals surface area (Å²) < 4.78 is 58.5. The van der Waals surface area contributed by atoms with E-state index < -0.39 is 42.9 Å². The molecule has 1 aliphatic heterocycles. The first kappa shape index (κ1) is 68.0. The lowest BCUT2D eigenvalue weighted by Gasteiger charge is -2.46. The highest BCUT2D eigenvalue weighted by Crippen LogP contribution is 2.34. The molecule has 0 radical (unpaired) electrons. The first-order chi connectivity index (χ1) is 43.6. The zero-order valence-electron chi connectivity index (χ0n) is 53.2. The van der Waals surface area contributed by atoms with Crippen LogP contribution in [-0.4, -0.2) is 95.7 Å². The Kier molecular flexibility index (Phi) is 31.4. The summed E-state index contributed by atoms with van der Waals surface area (Å²) >= 11 is 0. The molecule has 12 nitrogen and oxygen atoms in total. The summed E-state index contributed by atoms with van der Waals surface area (Å²) in [4.78, 5) is 2.75. The van der Waals surface area contributed by atoms with E-state index in [1.807, 2.05) is 114 Å². The Balaban J connectivity index is 1.08. The molecule has 1 saturated heterocycles. The predicted octanol–water partition coefficient (Wildman–Crippen LogP) is 16.5. The lowest BCUT2D eigenvalue weighted by Crippen LogP contribution is -2.62. The molecule has 1 aromatic heterocycles. The van der Waals surface area contributed by atoms with Crippen molar-refractivity contribution < 1.29 is 37.9 Å². The Bertz CT molecular complexity index is 2800. The minimum Gasteiger partial charge on any atom is -0.374 e. The van der Waals surface area contributed by atoms with Gasteiger partial charge in [-0.3, -0.25) is 0 Å². The molecular weight excluding hydrogens is 1100 g/mol. The molecule has 1 aliphatic rings. The molecule has 0 spiro atoms. The normalized spacial score (nSPS) is 17.9. The molecule has 6 aromatic carbocycles. The van der Waals surface area contributed by atoms with E-state index in [1.54, 1.807) is 0 Å². The second-order valence-electron chi connectivity index (χ2n) is 23.8. The Hall–Kier alpha value is -5.90. The Morgan fingerprint density at radius 3 is 1.34 bits per heavy atom. The lowest BCUT2D eigenvalue weighted by molar-refractivity contribution is -0.331. The van der Waals surface area contributed by atoms with E-state index in [-0.39, 0.29) is 25.9 Å². The fraction of sp³-hybridized carbons (Fsp3) is 0.500. The van der Waals surface area contributed by atoms with Crippen molar-refractivity contribution in [1.29, 1.82) is 0 Å². The highest BCUT2D eigenvalue weighted by atomic mass is 16.7. The van der Waals surface area contributed by atoms with Gasteiger partial charge in [0, 0.05) is 6.20 Å². The van der Waals surface area contributed by atoms with Gasteiger partial charge in [-0.1, -0.05) is 272 Å². The summed E-state index contributed by atoms with van der Waals surface area (Å²) in [5.74, 6) is 0. The van der Waals surface area contributed by atoms with E-state index in [1.165, 1.54) is 96.7 Å². The number of ether oxygens (including phenoxy) is 8. The molecule has 8 atom stereocenters. The zero-order chi connectivity index (χ0) is 60.9. The Morgan fingerprint density at radius 1 is 0.443 bits per heavy atom. The highest BCUT2D eigenvalue weighted by Gasteiger charge is 2.50. The number of aryl methyl sites for hydroxylation is 1. The van der Waals surface area contributed by atoms with Crippen molar-refractivity contribution in [2.24, 2.45) is 0 Å². The van der Waals surface area contributed by atoms with Crippen LogP contribution in [0.2, 0.25) is 0 Å². The molecule has 8 rings (SSSR count). The number of rotatable bonds is 45. The van der Waals surface area contributed by atoms with Crippen LogP contribution in [0.4, 0.5) is 0 Å². The molecule has 0 bridgehead atoms. The van der Waals surface area contributed by atoms with Crippen LogP contribution in [0.3, 0.4) is 0 Å². The van der Waals surface area contributed by atoms with Crippen molar-refractivity contribution in [2.45, 2.75) is 212 Å². The largest absolute Gasteiger partial charge is 0.374 e. The number of hydrogen-bond donors (Lipinski definition) is 0. The average Bonchev–Trinajstić information content (AvgIpc) is 2.61. The fourth-order valence-electron chi connectivity index (χ4n) is 11.7. The highest BCUT2D eigenvalue weighted by molar-refractivity contribution is 5.18. The minimum absolute atomic E-state index is 0.107. The minimum atomic E-state index is -0.963. The maximum Gasteiger partial charge on any atom is 0.187 e. The van der Waals surface area contributed by atoms with Gasteiger partial charge in [-0.25, -0.2) is 4.68 Å². The van der Waals surface area contributed by atoms with Gasteiger partial charge in [0.15, 0.2) is 6.29 Å². The van der Waals surface area contributed by atoms with Crippen LogP contribution in [0, 0.1) is 0 Å². The van der Waals surface area contributed by atoms with Gasteiger partial charge in [0.25, 0.3) is 0 Å². The first-order valence-corrected chi connectivity index (χ1v) is 33.4. The van der Waals surface area contributed by atoms with Gasteiger partial charge < -0.3 is 42.8 Å². The van der Waals surface area contributed by atoms with E-state index in [2.05, 4.69) is 105 Å². The standard InChI is InChI=1S/C76H102N4O8/c1-4-7-9-12-34-50-79(51-35-13-10-8-5-2)52-36-14-11-33-49-68-53-80(78-77-68)69(72(83-56-64-41-25-17-26-42-64)70(6-3)82-55-63-39-23-16-24-40-63)60-87-76-75(86-59-67-47-31-20-32-48-67)74(85-58-66-45-29-19-30-46-66)73(84-57-65-43-27-18-28-44-65)71(88-76)61-81-54-62-37-21-15-22-38-62/h15-32,37-48,53,69-76H,4-14,33-36,49-52,54-61H2,1-3H3/t69-,70+,71?,72-,73?,74?,75?,76?/m0/s1. The van der Waals surface area contributed by atoms with Gasteiger partial charge in [-0.15, -0.1) is 5.10 Å². The molecule has 0 saturated carbocycles. The van der Waals surface area contributed by atoms with Crippen LogP contribution in [0.15, 0.2) is 188 Å². The third-order valence-corrected chi connectivity index (χ3v) is 16.7. The van der Waals surface area contributed by atoms with Crippen molar-refractivity contribution in [3.63, 3.8) is 0 Å². The molecule has 5 unspecified atom stereocenters. The van der Waals surface area contributed by atoms with Crippen LogP contribution in [0.1, 0.15) is 162 Å². The van der Waals surface area contributed by atoms with Crippen LogP contribution in [-0.2, 0) is 84.0 Å². The molecule has 12 heteroatoms. The number of aromatic nitrogens is 3. The van der Waals surface area contributed by atoms with Crippen molar-refractivity contribution in [2.75, 3.05) is 32.8 Å². The quantitative estimate of drug-likeness (QED) is 0.0341. The van der Waals surface area contributed by atoms with E-state index in [0.717, 1.165) is 58.3 Å². The van der Waals surface area contributed by atoms with Gasteiger partial charge in [-0.05, 0) is 91.5 Å². The van der Waals surface area contributed by atoms with Gasteiger partial charge in [0.1, 0.15) is 36.6 Å². The Morgan fingerprint density at radius 2 is 0.864 bits per heavy atom. The maximum atomic E-state index is 7.35. The van der Waals surface area contributed by atoms with E-state index in [9.17, 15) is 0 Å². The number of nitrogens with zero attached hydrogens (tertiary/aromatic N) is 4. The molecular formula is C76H102N4O8. The Labute approximate surface area is 527 Å². The predicted molar refractivity (Wildman–Crippen MR) is 351 cm³/mol. The van der Waals surface area contributed by atoms with Gasteiger partial charge >= 0.3 is 0 Å². The monoisotopic (exact) mass is 1200 g/mol. The summed E-state index contributed by atoms with van der Waals surface area (Å²) in [7, 11) is 0. The smallest absolute Gasteiger partial charge is 0.187 e. The lowest BCUT2D eigenvalue weighted by atomic mass is 9.97. The van der Waals surface area contributed by atoms with E-state index in [0.29, 0.717) is 39.5 Å². The molecule has 2 heterocycles. The third-order valence-electron chi connectivity index (χ3n) is 16.7. The van der Waals surface area contributed by atoms with Gasteiger partial charge in [0.05, 0.1) is 64.7 Å². The molecule has 474 valence electrons. The average molecular weight is 1200 g/mol. The first-order valence-electron chi connectivity index (χ1n) is 33.4. The van der Waals surface area contributed by atoms with Crippen molar-refractivity contribution in [1.82, 2.24) is 19.9 Å². The molecule has 7 aromatic rings. The van der Waals surface area contributed by atoms with Crippen LogP contribution in [0.5, 0.6) is 0 Å². The summed E-state index contributed by atoms with van der Waals surface area (Å²) in [6.07, 6.45) is 16.8. The van der Waals surface area contributed by atoms with E-state index >= 15 is 0 Å². The molecule has 0 amide bonds. The number of hydrogen-bond acceptors (Lipinski definition) is 11. The van der Waals surface area contributed by atoms with Crippen molar-refractivity contribution in [3.05, 3.63) is 227 Å². The molecule has 1 fully saturated rings.